The molecule has 3 aliphatic rings. The highest BCUT2D eigenvalue weighted by Gasteiger charge is 2.49. The van der Waals surface area contributed by atoms with Crippen molar-refractivity contribution >= 4 is 0 Å². The van der Waals surface area contributed by atoms with Crippen molar-refractivity contribution in [2.24, 2.45) is 0 Å². The van der Waals surface area contributed by atoms with E-state index in [2.05, 4.69) is 17.6 Å². The fourth-order valence-corrected chi connectivity index (χ4v) is 4.28. The van der Waals surface area contributed by atoms with E-state index in [1.165, 1.54) is 51.4 Å². The van der Waals surface area contributed by atoms with Crippen LogP contribution in [0.2, 0.25) is 0 Å². The molecule has 0 aromatic rings. The number of fused-ring (bicyclic) bond motifs is 2. The molecule has 3 nitrogen and oxygen atoms in total. The average Bonchev–Trinajstić information content (AvgIpc) is 2.72. The molecule has 18 heavy (non-hydrogen) atoms. The van der Waals surface area contributed by atoms with E-state index in [1.807, 2.05) is 0 Å². The van der Waals surface area contributed by atoms with E-state index in [0.717, 1.165) is 25.2 Å². The van der Waals surface area contributed by atoms with Crippen molar-refractivity contribution < 1.29 is 4.74 Å². The third-order valence-corrected chi connectivity index (χ3v) is 5.13. The quantitative estimate of drug-likeness (QED) is 0.753. The lowest BCUT2D eigenvalue weighted by Crippen LogP contribution is -2.63. The summed E-state index contributed by atoms with van der Waals surface area (Å²) in [6.07, 6.45) is 10.5. The van der Waals surface area contributed by atoms with Gasteiger partial charge in [0.15, 0.2) is 0 Å². The number of piperidine rings is 1. The summed E-state index contributed by atoms with van der Waals surface area (Å²) in [7, 11) is 0. The molecule has 3 atom stereocenters. The molecule has 1 spiro atoms. The van der Waals surface area contributed by atoms with Crippen molar-refractivity contribution in [3.63, 3.8) is 0 Å². The van der Waals surface area contributed by atoms with Crippen LogP contribution in [0.15, 0.2) is 0 Å². The molecule has 2 N–H and O–H groups in total. The number of rotatable bonds is 4. The number of hydrogen-bond acceptors (Lipinski definition) is 3. The first kappa shape index (κ1) is 12.9. The van der Waals surface area contributed by atoms with Crippen LogP contribution in [-0.2, 0) is 4.74 Å². The average molecular weight is 252 g/mol. The molecule has 3 heterocycles. The second kappa shape index (κ2) is 5.48. The molecule has 3 heteroatoms. The first-order valence-corrected chi connectivity index (χ1v) is 7.96. The molecule has 3 fully saturated rings. The van der Waals surface area contributed by atoms with Crippen molar-refractivity contribution in [1.29, 1.82) is 0 Å². The molecular weight excluding hydrogens is 224 g/mol. The van der Waals surface area contributed by atoms with Crippen LogP contribution in [0.25, 0.3) is 0 Å². The molecule has 0 aliphatic carbocycles. The van der Waals surface area contributed by atoms with Crippen molar-refractivity contribution in [1.82, 2.24) is 10.6 Å². The number of ether oxygens (including phenoxy) is 1. The third-order valence-electron chi connectivity index (χ3n) is 5.13. The van der Waals surface area contributed by atoms with Crippen LogP contribution >= 0.6 is 0 Å². The third kappa shape index (κ3) is 2.45. The van der Waals surface area contributed by atoms with Gasteiger partial charge in [0, 0.05) is 24.7 Å². The van der Waals surface area contributed by atoms with Gasteiger partial charge in [-0.3, -0.25) is 0 Å². The number of nitrogens with one attached hydrogen (secondary N) is 2. The minimum atomic E-state index is 0.156. The number of unbranched alkanes of at least 4 members (excludes halogenated alkanes) is 2. The van der Waals surface area contributed by atoms with Crippen LogP contribution in [0, 0.1) is 0 Å². The monoisotopic (exact) mass is 252 g/mol. The molecule has 3 saturated heterocycles. The van der Waals surface area contributed by atoms with E-state index < -0.39 is 0 Å². The maximum absolute atomic E-state index is 6.33. The van der Waals surface area contributed by atoms with E-state index in [1.54, 1.807) is 0 Å². The molecule has 3 rings (SSSR count). The Hall–Kier alpha value is -0.120. The zero-order valence-corrected chi connectivity index (χ0v) is 11.7. The van der Waals surface area contributed by atoms with Gasteiger partial charge in [0.25, 0.3) is 0 Å². The van der Waals surface area contributed by atoms with Crippen LogP contribution in [-0.4, -0.2) is 36.9 Å². The molecule has 0 saturated carbocycles. The van der Waals surface area contributed by atoms with E-state index in [4.69, 9.17) is 4.74 Å². The van der Waals surface area contributed by atoms with E-state index in [0.29, 0.717) is 6.04 Å². The second-order valence-corrected chi connectivity index (χ2v) is 6.46. The summed E-state index contributed by atoms with van der Waals surface area (Å²) in [5.74, 6) is 0. The molecule has 0 aromatic carbocycles. The first-order chi connectivity index (χ1) is 8.82. The van der Waals surface area contributed by atoms with Gasteiger partial charge < -0.3 is 15.4 Å². The Morgan fingerprint density at radius 2 is 1.94 bits per heavy atom. The Balaban J connectivity index is 1.66. The van der Waals surface area contributed by atoms with Gasteiger partial charge in [0.05, 0.1) is 12.2 Å². The van der Waals surface area contributed by atoms with Gasteiger partial charge in [-0.2, -0.15) is 0 Å². The number of morpholine rings is 1. The summed E-state index contributed by atoms with van der Waals surface area (Å²) in [6, 6.07) is 2.04. The Kier molecular flexibility index (Phi) is 3.92. The summed E-state index contributed by atoms with van der Waals surface area (Å²) < 4.78 is 6.33. The summed E-state index contributed by atoms with van der Waals surface area (Å²) >= 11 is 0. The maximum Gasteiger partial charge on any atom is 0.0864 e. The van der Waals surface area contributed by atoms with Gasteiger partial charge >= 0.3 is 0 Å². The van der Waals surface area contributed by atoms with Gasteiger partial charge in [0.1, 0.15) is 0 Å². The van der Waals surface area contributed by atoms with Gasteiger partial charge in [-0.05, 0) is 32.1 Å². The standard InChI is InChI=1S/C15H28N2O/c1-2-3-4-5-14-15(18-9-8-16-14)10-12-6-7-13(11-15)17-12/h12-14,16-17H,2-11H2,1H3. The zero-order valence-electron chi connectivity index (χ0n) is 11.7. The summed E-state index contributed by atoms with van der Waals surface area (Å²) in [5.41, 5.74) is 0.156. The Bertz CT molecular complexity index is 270. The lowest BCUT2D eigenvalue weighted by atomic mass is 9.78. The van der Waals surface area contributed by atoms with Crippen LogP contribution < -0.4 is 10.6 Å². The molecule has 0 amide bonds. The van der Waals surface area contributed by atoms with Crippen molar-refractivity contribution in [3.05, 3.63) is 0 Å². The van der Waals surface area contributed by atoms with E-state index in [9.17, 15) is 0 Å². The van der Waals surface area contributed by atoms with Crippen LogP contribution in [0.3, 0.4) is 0 Å². The molecular formula is C15H28N2O. The lowest BCUT2D eigenvalue weighted by molar-refractivity contribution is -0.124. The lowest BCUT2D eigenvalue weighted by Gasteiger charge is -2.49. The normalized spacial score (nSPS) is 43.5. The van der Waals surface area contributed by atoms with Crippen LogP contribution in [0.5, 0.6) is 0 Å². The SMILES string of the molecule is CCCCCC1NCCOC12CC1CCC(C2)N1. The molecule has 3 unspecified atom stereocenters. The van der Waals surface area contributed by atoms with Crippen molar-refractivity contribution in [2.75, 3.05) is 13.2 Å². The summed E-state index contributed by atoms with van der Waals surface area (Å²) in [6.45, 7) is 4.23. The first-order valence-electron chi connectivity index (χ1n) is 7.96. The van der Waals surface area contributed by atoms with Gasteiger partial charge in [0.2, 0.25) is 0 Å². The largest absolute Gasteiger partial charge is 0.372 e. The second-order valence-electron chi connectivity index (χ2n) is 6.46. The molecule has 104 valence electrons. The predicted molar refractivity (Wildman–Crippen MR) is 73.8 cm³/mol. The topological polar surface area (TPSA) is 33.3 Å². The minimum absolute atomic E-state index is 0.156. The zero-order chi connectivity index (χ0) is 12.4. The predicted octanol–water partition coefficient (Wildman–Crippen LogP) is 2.21. The Morgan fingerprint density at radius 1 is 1.17 bits per heavy atom. The minimum Gasteiger partial charge on any atom is -0.372 e. The van der Waals surface area contributed by atoms with Crippen LogP contribution in [0.1, 0.15) is 58.3 Å². The molecule has 2 bridgehead atoms. The fraction of sp³-hybridized carbons (Fsp3) is 1.00. The highest BCUT2D eigenvalue weighted by Crippen LogP contribution is 2.41. The van der Waals surface area contributed by atoms with Gasteiger partial charge in [-0.25, -0.2) is 0 Å². The van der Waals surface area contributed by atoms with Gasteiger partial charge in [-0.1, -0.05) is 26.2 Å². The molecule has 0 radical (unpaired) electrons. The van der Waals surface area contributed by atoms with E-state index in [-0.39, 0.29) is 5.60 Å². The van der Waals surface area contributed by atoms with E-state index >= 15 is 0 Å². The number of hydrogen-bond donors (Lipinski definition) is 2. The molecule has 0 aromatic heterocycles. The highest BCUT2D eigenvalue weighted by atomic mass is 16.5. The van der Waals surface area contributed by atoms with Crippen molar-refractivity contribution in [2.45, 2.75) is 82.0 Å². The molecule has 3 aliphatic heterocycles. The van der Waals surface area contributed by atoms with Crippen molar-refractivity contribution in [3.8, 4) is 0 Å². The summed E-state index contributed by atoms with van der Waals surface area (Å²) in [4.78, 5) is 0. The van der Waals surface area contributed by atoms with Gasteiger partial charge in [-0.15, -0.1) is 0 Å². The maximum atomic E-state index is 6.33. The summed E-state index contributed by atoms with van der Waals surface area (Å²) in [5, 5.41) is 7.50. The van der Waals surface area contributed by atoms with Crippen LogP contribution in [0.4, 0.5) is 0 Å². The Labute approximate surface area is 111 Å². The fourth-order valence-electron chi connectivity index (χ4n) is 4.28. The smallest absolute Gasteiger partial charge is 0.0864 e. The Morgan fingerprint density at radius 3 is 2.67 bits per heavy atom. The highest BCUT2D eigenvalue weighted by molar-refractivity contribution is 5.07.